The number of hydrogen-bond acceptors (Lipinski definition) is 4. The lowest BCUT2D eigenvalue weighted by molar-refractivity contribution is 0.0963. The Kier molecular flexibility index (Phi) is 8.47. The van der Waals surface area contributed by atoms with Crippen molar-refractivity contribution in [2.24, 2.45) is 5.73 Å². The average Bonchev–Trinajstić information content (AvgIpc) is 3.28. The van der Waals surface area contributed by atoms with Crippen molar-refractivity contribution in [1.29, 1.82) is 0 Å². The molecular formula is C29H31ClF2N2O3. The Morgan fingerprint density at radius 2 is 1.89 bits per heavy atom. The topological polar surface area (TPSA) is 84.6 Å². The Labute approximate surface area is 220 Å². The summed E-state index contributed by atoms with van der Waals surface area (Å²) in [6, 6.07) is 14.2. The smallest absolute Gasteiger partial charge is 0.251 e. The van der Waals surface area contributed by atoms with E-state index < -0.39 is 17.5 Å². The molecule has 3 aromatic carbocycles. The van der Waals surface area contributed by atoms with E-state index in [2.05, 4.69) is 17.4 Å². The summed E-state index contributed by atoms with van der Waals surface area (Å²) < 4.78 is 36.7. The Balaban J connectivity index is 1.94. The largest absolute Gasteiger partial charge is 0.488 e. The summed E-state index contributed by atoms with van der Waals surface area (Å²) in [6.07, 6.45) is 3.60. The van der Waals surface area contributed by atoms with Crippen LogP contribution in [0.5, 0.6) is 5.75 Å². The van der Waals surface area contributed by atoms with E-state index in [4.69, 9.17) is 27.2 Å². The van der Waals surface area contributed by atoms with Crippen LogP contribution >= 0.6 is 11.6 Å². The summed E-state index contributed by atoms with van der Waals surface area (Å²) in [7, 11) is 1.44. The van der Waals surface area contributed by atoms with Crippen molar-refractivity contribution >= 4 is 17.5 Å². The third-order valence-electron chi connectivity index (χ3n) is 7.14. The van der Waals surface area contributed by atoms with Crippen LogP contribution in [0.1, 0.15) is 46.3 Å². The number of unbranched alkanes of at least 4 members (excludes halogenated alkanes) is 1. The predicted molar refractivity (Wildman–Crippen MR) is 141 cm³/mol. The Hall–Kier alpha value is -3.00. The lowest BCUT2D eigenvalue weighted by atomic mass is 9.73. The van der Waals surface area contributed by atoms with Crippen molar-refractivity contribution in [1.82, 2.24) is 5.32 Å². The zero-order chi connectivity index (χ0) is 26.6. The highest BCUT2D eigenvalue weighted by molar-refractivity contribution is 6.34. The maximum atomic E-state index is 16.0. The van der Waals surface area contributed by atoms with Gasteiger partial charge < -0.3 is 20.9 Å². The maximum absolute atomic E-state index is 16.0. The number of rotatable bonds is 10. The molecule has 8 heteroatoms. The molecule has 1 atom stereocenters. The highest BCUT2D eigenvalue weighted by atomic mass is 35.5. The van der Waals surface area contributed by atoms with Gasteiger partial charge in [-0.05, 0) is 67.1 Å². The van der Waals surface area contributed by atoms with Crippen molar-refractivity contribution < 1.29 is 23.4 Å². The zero-order valence-electron chi connectivity index (χ0n) is 20.8. The van der Waals surface area contributed by atoms with E-state index in [-0.39, 0.29) is 46.1 Å². The Morgan fingerprint density at radius 1 is 1.14 bits per heavy atom. The van der Waals surface area contributed by atoms with E-state index in [0.717, 1.165) is 30.4 Å². The molecule has 4 N–H and O–H groups in total. The van der Waals surface area contributed by atoms with Gasteiger partial charge in [0.1, 0.15) is 12.4 Å². The monoisotopic (exact) mass is 528 g/mol. The normalized spacial score (nSPS) is 16.5. The molecule has 5 nitrogen and oxygen atoms in total. The number of carbonyl (C=O) groups is 1. The number of aliphatic hydroxyl groups excluding tert-OH is 1. The molecule has 0 aromatic heterocycles. The number of nitrogens with one attached hydrogen (secondary N) is 1. The van der Waals surface area contributed by atoms with Crippen molar-refractivity contribution in [3.63, 3.8) is 0 Å². The number of fused-ring (bicyclic) bond motifs is 1. The molecule has 4 rings (SSSR count). The molecule has 0 heterocycles. The third kappa shape index (κ3) is 5.21. The van der Waals surface area contributed by atoms with Gasteiger partial charge in [-0.2, -0.15) is 0 Å². The molecule has 0 saturated heterocycles. The molecule has 1 aliphatic carbocycles. The number of halogens is 3. The van der Waals surface area contributed by atoms with E-state index >= 15 is 8.78 Å². The van der Waals surface area contributed by atoms with Crippen LogP contribution in [0.4, 0.5) is 8.78 Å². The van der Waals surface area contributed by atoms with E-state index in [0.29, 0.717) is 24.9 Å². The number of benzene rings is 3. The van der Waals surface area contributed by atoms with Crippen LogP contribution in [0.25, 0.3) is 11.1 Å². The number of nitrogens with two attached hydrogens (primary N) is 1. The molecule has 1 aliphatic rings. The van der Waals surface area contributed by atoms with Gasteiger partial charge >= 0.3 is 0 Å². The highest BCUT2D eigenvalue weighted by Gasteiger charge is 2.41. The summed E-state index contributed by atoms with van der Waals surface area (Å²) >= 11 is 6.56. The second kappa shape index (κ2) is 11.6. The summed E-state index contributed by atoms with van der Waals surface area (Å²) in [5.41, 5.74) is 8.05. The van der Waals surface area contributed by atoms with Gasteiger partial charge in [-0.15, -0.1) is 0 Å². The summed E-state index contributed by atoms with van der Waals surface area (Å²) in [6.45, 7) is 0.123. The molecule has 1 amide bonds. The van der Waals surface area contributed by atoms with Crippen molar-refractivity contribution in [3.8, 4) is 16.9 Å². The lowest BCUT2D eigenvalue weighted by Gasteiger charge is -2.30. The van der Waals surface area contributed by atoms with Gasteiger partial charge in [0.05, 0.1) is 17.2 Å². The van der Waals surface area contributed by atoms with Crippen LogP contribution in [0.3, 0.4) is 0 Å². The first kappa shape index (κ1) is 27.0. The fourth-order valence-electron chi connectivity index (χ4n) is 5.42. The van der Waals surface area contributed by atoms with Crippen molar-refractivity contribution in [2.75, 3.05) is 26.8 Å². The van der Waals surface area contributed by atoms with Crippen molar-refractivity contribution in [3.05, 3.63) is 87.4 Å². The fraction of sp³-hybridized carbons (Fsp3) is 0.345. The molecule has 1 unspecified atom stereocenters. The first-order valence-corrected chi connectivity index (χ1v) is 12.8. The molecule has 0 saturated carbocycles. The van der Waals surface area contributed by atoms with Gasteiger partial charge in [0.25, 0.3) is 5.91 Å². The lowest BCUT2D eigenvalue weighted by Crippen LogP contribution is -2.27. The first-order valence-electron chi connectivity index (χ1n) is 12.4. The minimum absolute atomic E-state index is 0.0198. The maximum Gasteiger partial charge on any atom is 0.251 e. The Bertz CT molecular complexity index is 1290. The number of aliphatic hydroxyl groups is 1. The Morgan fingerprint density at radius 3 is 2.57 bits per heavy atom. The molecule has 0 fully saturated rings. The number of ether oxygens (including phenoxy) is 1. The number of amides is 1. The van der Waals surface area contributed by atoms with Crippen molar-refractivity contribution in [2.45, 2.75) is 37.5 Å². The minimum Gasteiger partial charge on any atom is -0.488 e. The quantitative estimate of drug-likeness (QED) is 0.316. The number of carbonyl (C=O) groups excluding carboxylic acids is 1. The van der Waals surface area contributed by atoms with Crippen LogP contribution in [-0.4, -0.2) is 37.8 Å². The molecule has 0 bridgehead atoms. The van der Waals surface area contributed by atoms with E-state index in [9.17, 15) is 4.79 Å². The first-order chi connectivity index (χ1) is 17.9. The second-order valence-electron chi connectivity index (χ2n) is 9.38. The van der Waals surface area contributed by atoms with Gasteiger partial charge in [-0.1, -0.05) is 48.4 Å². The molecular weight excluding hydrogens is 498 g/mol. The molecule has 37 heavy (non-hydrogen) atoms. The zero-order valence-corrected chi connectivity index (χ0v) is 21.5. The van der Waals surface area contributed by atoms with E-state index in [1.54, 1.807) is 0 Å². The highest BCUT2D eigenvalue weighted by Crippen LogP contribution is 2.50. The molecule has 3 aromatic rings. The molecule has 196 valence electrons. The standard InChI is InChI=1S/C29H31ClF2N2O3/c1-34-28(36)20-9-10-23(37-14-13-35)27(32)25(20)24-21-17-29(11-5-6-12-33,19-7-3-2-4-8-19)16-18(21)15-22(31)26(24)30/h2-4,7-10,15,35H,5-6,11-14,16-17,33H2,1H3,(H,34,36). The molecule has 0 spiro atoms. The van der Waals surface area contributed by atoms with Crippen LogP contribution in [0.2, 0.25) is 5.02 Å². The summed E-state index contributed by atoms with van der Waals surface area (Å²) in [4.78, 5) is 12.8. The van der Waals surface area contributed by atoms with E-state index in [1.807, 2.05) is 18.2 Å². The van der Waals surface area contributed by atoms with Gasteiger partial charge in [0.15, 0.2) is 11.6 Å². The van der Waals surface area contributed by atoms with Crippen LogP contribution < -0.4 is 15.8 Å². The minimum atomic E-state index is -0.829. The molecule has 0 radical (unpaired) electrons. The van der Waals surface area contributed by atoms with Crippen LogP contribution in [0, 0.1) is 11.6 Å². The fourth-order valence-corrected chi connectivity index (χ4v) is 5.68. The van der Waals surface area contributed by atoms with Gasteiger partial charge in [0, 0.05) is 23.6 Å². The number of hydrogen-bond donors (Lipinski definition) is 3. The predicted octanol–water partition coefficient (Wildman–Crippen LogP) is 5.18. The third-order valence-corrected chi connectivity index (χ3v) is 7.51. The van der Waals surface area contributed by atoms with Crippen LogP contribution in [-0.2, 0) is 18.3 Å². The molecule has 0 aliphatic heterocycles. The summed E-state index contributed by atoms with van der Waals surface area (Å²) in [5.74, 6) is -2.19. The van der Waals surface area contributed by atoms with E-state index in [1.165, 1.54) is 25.2 Å². The van der Waals surface area contributed by atoms with Gasteiger partial charge in [0.2, 0.25) is 0 Å². The second-order valence-corrected chi connectivity index (χ2v) is 9.76. The van der Waals surface area contributed by atoms with Gasteiger partial charge in [-0.25, -0.2) is 8.78 Å². The average molecular weight is 529 g/mol. The summed E-state index contributed by atoms with van der Waals surface area (Å²) in [5, 5.41) is 11.4. The van der Waals surface area contributed by atoms with Gasteiger partial charge in [-0.3, -0.25) is 4.79 Å². The van der Waals surface area contributed by atoms with Crippen LogP contribution in [0.15, 0.2) is 48.5 Å². The SMILES string of the molecule is CNC(=O)c1ccc(OCCO)c(F)c1-c1c(Cl)c(F)cc2c1CC(CCCCN)(c1ccccc1)C2.